The standard InChI is InChI=1S/C19H17N5O4S3/c1-2-29-19-22-18(31-23-19)21-16(25)11-30-15-8-4-6-13(10-15)20-17(26)12-5-3-7-14(9-12)24(27)28/h3-10H,2,11H2,1H3,(H,20,26)(H,21,22,23,25). The third-order valence-corrected chi connectivity index (χ3v) is 6.18. The van der Waals surface area contributed by atoms with Crippen molar-refractivity contribution >= 4 is 63.4 Å². The summed E-state index contributed by atoms with van der Waals surface area (Å²) in [6.45, 7) is 2.00. The number of nitrogens with zero attached hydrogens (tertiary/aromatic N) is 3. The average Bonchev–Trinajstić information content (AvgIpc) is 3.19. The number of carbonyl (C=O) groups is 2. The number of anilines is 2. The molecule has 0 atom stereocenters. The van der Waals surface area contributed by atoms with E-state index in [9.17, 15) is 19.7 Å². The van der Waals surface area contributed by atoms with Gasteiger partial charge in [-0.05, 0) is 30.0 Å². The Morgan fingerprint density at radius 3 is 2.71 bits per heavy atom. The third kappa shape index (κ3) is 6.77. The highest BCUT2D eigenvalue weighted by Crippen LogP contribution is 2.24. The fourth-order valence-electron chi connectivity index (χ4n) is 2.38. The van der Waals surface area contributed by atoms with E-state index in [4.69, 9.17) is 0 Å². The van der Waals surface area contributed by atoms with Crippen molar-refractivity contribution in [2.75, 3.05) is 22.1 Å². The molecule has 0 aliphatic heterocycles. The molecule has 2 amide bonds. The van der Waals surface area contributed by atoms with E-state index >= 15 is 0 Å². The van der Waals surface area contributed by atoms with Gasteiger partial charge >= 0.3 is 0 Å². The van der Waals surface area contributed by atoms with Crippen LogP contribution in [0.3, 0.4) is 0 Å². The number of amides is 2. The highest BCUT2D eigenvalue weighted by atomic mass is 32.2. The Morgan fingerprint density at radius 2 is 1.94 bits per heavy atom. The minimum absolute atomic E-state index is 0.154. The van der Waals surface area contributed by atoms with Crippen molar-refractivity contribution in [3.8, 4) is 0 Å². The van der Waals surface area contributed by atoms with E-state index in [-0.39, 0.29) is 22.9 Å². The minimum Gasteiger partial charge on any atom is -0.322 e. The quantitative estimate of drug-likeness (QED) is 0.262. The maximum Gasteiger partial charge on any atom is 0.270 e. The maximum absolute atomic E-state index is 12.4. The Kier molecular flexibility index (Phi) is 7.98. The van der Waals surface area contributed by atoms with Crippen molar-refractivity contribution < 1.29 is 14.5 Å². The molecule has 2 N–H and O–H groups in total. The lowest BCUT2D eigenvalue weighted by Crippen LogP contribution is -2.14. The fourth-order valence-corrected chi connectivity index (χ4v) is 4.42. The summed E-state index contributed by atoms with van der Waals surface area (Å²) in [5.41, 5.74) is 0.551. The lowest BCUT2D eigenvalue weighted by atomic mass is 10.2. The second kappa shape index (κ2) is 10.9. The summed E-state index contributed by atoms with van der Waals surface area (Å²) >= 11 is 3.95. The summed E-state index contributed by atoms with van der Waals surface area (Å²) in [4.78, 5) is 39.9. The molecule has 9 nitrogen and oxygen atoms in total. The first-order valence-corrected chi connectivity index (χ1v) is 11.7. The second-order valence-corrected chi connectivity index (χ2v) is 8.97. The molecule has 0 fully saturated rings. The number of thioether (sulfide) groups is 2. The molecule has 0 aliphatic rings. The Labute approximate surface area is 190 Å². The molecule has 1 heterocycles. The van der Waals surface area contributed by atoms with Crippen LogP contribution < -0.4 is 10.6 Å². The normalized spacial score (nSPS) is 10.5. The van der Waals surface area contributed by atoms with E-state index in [2.05, 4.69) is 20.0 Å². The molecule has 0 unspecified atom stereocenters. The van der Waals surface area contributed by atoms with Crippen molar-refractivity contribution in [2.45, 2.75) is 17.0 Å². The van der Waals surface area contributed by atoms with Gasteiger partial charge in [0.05, 0.1) is 10.7 Å². The van der Waals surface area contributed by atoms with Crippen LogP contribution in [-0.4, -0.2) is 37.6 Å². The van der Waals surface area contributed by atoms with Gasteiger partial charge in [-0.1, -0.05) is 30.8 Å². The number of benzene rings is 2. The van der Waals surface area contributed by atoms with Gasteiger partial charge in [-0.25, -0.2) is 0 Å². The molecule has 3 aromatic rings. The van der Waals surface area contributed by atoms with Crippen LogP contribution >= 0.6 is 35.1 Å². The molecular weight excluding hydrogens is 458 g/mol. The predicted molar refractivity (Wildman–Crippen MR) is 123 cm³/mol. The van der Waals surface area contributed by atoms with Crippen LogP contribution in [0.5, 0.6) is 0 Å². The number of non-ortho nitro benzene ring substituents is 1. The van der Waals surface area contributed by atoms with E-state index < -0.39 is 10.8 Å². The number of aromatic nitrogens is 2. The van der Waals surface area contributed by atoms with E-state index in [0.717, 1.165) is 22.2 Å². The van der Waals surface area contributed by atoms with Crippen molar-refractivity contribution in [1.82, 2.24) is 9.36 Å². The molecule has 3 rings (SSSR count). The SMILES string of the molecule is CCSc1nsc(NC(=O)CSc2cccc(NC(=O)c3cccc([N+](=O)[O-])c3)c2)n1. The van der Waals surface area contributed by atoms with E-state index in [1.54, 1.807) is 18.2 Å². The summed E-state index contributed by atoms with van der Waals surface area (Å²) in [7, 11) is 0. The molecule has 160 valence electrons. The second-order valence-electron chi connectivity index (χ2n) is 5.94. The maximum atomic E-state index is 12.4. The van der Waals surface area contributed by atoms with Gasteiger partial charge in [0.1, 0.15) is 0 Å². The van der Waals surface area contributed by atoms with Crippen molar-refractivity contribution in [1.29, 1.82) is 0 Å². The first-order valence-electron chi connectivity index (χ1n) is 8.99. The monoisotopic (exact) mass is 475 g/mol. The molecule has 2 aromatic carbocycles. The molecule has 0 spiro atoms. The first-order chi connectivity index (χ1) is 14.9. The fraction of sp³-hybridized carbons (Fsp3) is 0.158. The molecule has 1 aromatic heterocycles. The number of rotatable bonds is 9. The van der Waals surface area contributed by atoms with Crippen LogP contribution in [0.25, 0.3) is 0 Å². The number of nitro benzene ring substituents is 1. The van der Waals surface area contributed by atoms with Gasteiger partial charge in [-0.3, -0.25) is 25.0 Å². The molecule has 0 saturated heterocycles. The van der Waals surface area contributed by atoms with Crippen molar-refractivity contribution in [2.24, 2.45) is 0 Å². The van der Waals surface area contributed by atoms with Crippen LogP contribution in [0.2, 0.25) is 0 Å². The highest BCUT2D eigenvalue weighted by Gasteiger charge is 2.13. The summed E-state index contributed by atoms with van der Waals surface area (Å²) in [6.07, 6.45) is 0. The summed E-state index contributed by atoms with van der Waals surface area (Å²) in [6, 6.07) is 12.5. The molecule has 0 radical (unpaired) electrons. The number of hydrogen-bond acceptors (Lipinski definition) is 9. The molecule has 0 bridgehead atoms. The van der Waals surface area contributed by atoms with Crippen LogP contribution in [0.1, 0.15) is 17.3 Å². The Balaban J connectivity index is 1.56. The van der Waals surface area contributed by atoms with Gasteiger partial charge in [0.25, 0.3) is 11.6 Å². The largest absolute Gasteiger partial charge is 0.322 e. The van der Waals surface area contributed by atoms with Crippen molar-refractivity contribution in [3.05, 3.63) is 64.2 Å². The number of nitro groups is 1. The van der Waals surface area contributed by atoms with Crippen LogP contribution in [0.4, 0.5) is 16.5 Å². The van der Waals surface area contributed by atoms with E-state index in [0.29, 0.717) is 16.0 Å². The average molecular weight is 476 g/mol. The molecule has 0 aliphatic carbocycles. The first kappa shape index (κ1) is 22.7. The molecular formula is C19H17N5O4S3. The molecule has 31 heavy (non-hydrogen) atoms. The smallest absolute Gasteiger partial charge is 0.270 e. The van der Waals surface area contributed by atoms with Gasteiger partial charge < -0.3 is 5.32 Å². The van der Waals surface area contributed by atoms with Gasteiger partial charge in [0.15, 0.2) is 0 Å². The molecule has 0 saturated carbocycles. The lowest BCUT2D eigenvalue weighted by molar-refractivity contribution is -0.384. The Hall–Kier alpha value is -2.96. The van der Waals surface area contributed by atoms with E-state index in [1.165, 1.54) is 47.8 Å². The third-order valence-electron chi connectivity index (χ3n) is 3.71. The Morgan fingerprint density at radius 1 is 1.13 bits per heavy atom. The van der Waals surface area contributed by atoms with Crippen LogP contribution in [0.15, 0.2) is 58.6 Å². The van der Waals surface area contributed by atoms with Gasteiger partial charge in [0, 0.05) is 39.8 Å². The zero-order chi connectivity index (χ0) is 22.2. The topological polar surface area (TPSA) is 127 Å². The number of carbonyl (C=O) groups excluding carboxylic acids is 2. The van der Waals surface area contributed by atoms with Gasteiger partial charge in [-0.15, -0.1) is 11.8 Å². The van der Waals surface area contributed by atoms with Gasteiger partial charge in [0.2, 0.25) is 16.2 Å². The van der Waals surface area contributed by atoms with E-state index in [1.807, 2.05) is 13.0 Å². The van der Waals surface area contributed by atoms with Crippen molar-refractivity contribution in [3.63, 3.8) is 0 Å². The van der Waals surface area contributed by atoms with Crippen LogP contribution in [0, 0.1) is 10.1 Å². The number of hydrogen-bond donors (Lipinski definition) is 2. The lowest BCUT2D eigenvalue weighted by Gasteiger charge is -2.07. The van der Waals surface area contributed by atoms with Gasteiger partial charge in [-0.2, -0.15) is 9.36 Å². The zero-order valence-corrected chi connectivity index (χ0v) is 18.7. The predicted octanol–water partition coefficient (Wildman–Crippen LogP) is 4.54. The minimum atomic E-state index is -0.551. The zero-order valence-electron chi connectivity index (χ0n) is 16.2. The summed E-state index contributed by atoms with van der Waals surface area (Å²) < 4.78 is 4.15. The summed E-state index contributed by atoms with van der Waals surface area (Å²) in [5, 5.41) is 17.4. The number of nitrogens with one attached hydrogen (secondary N) is 2. The summed E-state index contributed by atoms with van der Waals surface area (Å²) in [5.74, 6) is 0.354. The molecule has 12 heteroatoms. The van der Waals surface area contributed by atoms with Crippen LogP contribution in [-0.2, 0) is 4.79 Å². The highest BCUT2D eigenvalue weighted by molar-refractivity contribution is 8.00. The Bertz CT molecular complexity index is 1110.